The summed E-state index contributed by atoms with van der Waals surface area (Å²) in [4.78, 5) is 14.0. The molecule has 1 N–H and O–H groups in total. The van der Waals surface area contributed by atoms with Crippen LogP contribution < -0.4 is 5.32 Å². The SMILES string of the molecule is CCCCNC(=O)CCN1CCC2(CC1)OCCO2. The molecule has 0 aromatic carbocycles. The van der Waals surface area contributed by atoms with Crippen LogP contribution in [0.3, 0.4) is 0 Å². The van der Waals surface area contributed by atoms with Crippen LogP contribution in [0.1, 0.15) is 39.0 Å². The molecule has 5 nitrogen and oxygen atoms in total. The first kappa shape index (κ1) is 14.8. The minimum absolute atomic E-state index is 0.169. The highest BCUT2D eigenvalue weighted by Crippen LogP contribution is 2.31. The van der Waals surface area contributed by atoms with E-state index in [1.165, 1.54) is 0 Å². The zero-order valence-corrected chi connectivity index (χ0v) is 12.0. The van der Waals surface area contributed by atoms with Gasteiger partial charge >= 0.3 is 0 Å². The lowest BCUT2D eigenvalue weighted by Crippen LogP contribution is -2.46. The molecule has 0 radical (unpaired) electrons. The summed E-state index contributed by atoms with van der Waals surface area (Å²) < 4.78 is 11.4. The zero-order valence-electron chi connectivity index (χ0n) is 12.0. The molecule has 2 fully saturated rings. The lowest BCUT2D eigenvalue weighted by molar-refractivity contribution is -0.185. The number of amides is 1. The molecule has 0 saturated carbocycles. The third-order valence-electron chi connectivity index (χ3n) is 3.94. The molecular formula is C14H26N2O3. The van der Waals surface area contributed by atoms with Gasteiger partial charge in [-0.15, -0.1) is 0 Å². The fourth-order valence-corrected chi connectivity index (χ4v) is 2.66. The van der Waals surface area contributed by atoms with Crippen molar-refractivity contribution in [1.82, 2.24) is 10.2 Å². The van der Waals surface area contributed by atoms with E-state index in [0.29, 0.717) is 6.42 Å². The summed E-state index contributed by atoms with van der Waals surface area (Å²) in [5.41, 5.74) is 0. The maximum Gasteiger partial charge on any atom is 0.221 e. The molecule has 110 valence electrons. The first-order valence-corrected chi connectivity index (χ1v) is 7.51. The van der Waals surface area contributed by atoms with Crippen molar-refractivity contribution in [2.75, 3.05) is 39.4 Å². The van der Waals surface area contributed by atoms with Crippen LogP contribution in [0.2, 0.25) is 0 Å². The van der Waals surface area contributed by atoms with E-state index in [9.17, 15) is 4.79 Å². The Labute approximate surface area is 115 Å². The van der Waals surface area contributed by atoms with Crippen LogP contribution in [0.15, 0.2) is 0 Å². The highest BCUT2D eigenvalue weighted by atomic mass is 16.7. The summed E-state index contributed by atoms with van der Waals surface area (Å²) in [7, 11) is 0. The first-order chi connectivity index (χ1) is 9.24. The quantitative estimate of drug-likeness (QED) is 0.735. The van der Waals surface area contributed by atoms with E-state index in [1.54, 1.807) is 0 Å². The second-order valence-electron chi connectivity index (χ2n) is 5.40. The molecule has 2 saturated heterocycles. The van der Waals surface area contributed by atoms with Gasteiger partial charge in [0.15, 0.2) is 5.79 Å². The molecule has 0 aromatic rings. The number of ether oxygens (including phenoxy) is 2. The molecule has 0 aromatic heterocycles. The molecule has 0 atom stereocenters. The van der Waals surface area contributed by atoms with E-state index in [1.807, 2.05) is 0 Å². The van der Waals surface area contributed by atoms with E-state index in [0.717, 1.165) is 65.1 Å². The number of carbonyl (C=O) groups is 1. The van der Waals surface area contributed by atoms with Crippen LogP contribution in [0, 0.1) is 0 Å². The number of unbranched alkanes of at least 4 members (excludes halogenated alkanes) is 1. The number of piperidine rings is 1. The van der Waals surface area contributed by atoms with E-state index in [4.69, 9.17) is 9.47 Å². The smallest absolute Gasteiger partial charge is 0.221 e. The highest BCUT2D eigenvalue weighted by Gasteiger charge is 2.39. The van der Waals surface area contributed by atoms with Crippen molar-refractivity contribution in [1.29, 1.82) is 0 Å². The maximum absolute atomic E-state index is 11.6. The predicted molar refractivity (Wildman–Crippen MR) is 72.8 cm³/mol. The number of carbonyl (C=O) groups excluding carboxylic acids is 1. The highest BCUT2D eigenvalue weighted by molar-refractivity contribution is 5.75. The van der Waals surface area contributed by atoms with Crippen LogP contribution in [0.25, 0.3) is 0 Å². The Morgan fingerprint density at radius 3 is 2.58 bits per heavy atom. The van der Waals surface area contributed by atoms with Gasteiger partial charge in [0.25, 0.3) is 0 Å². The van der Waals surface area contributed by atoms with Crippen molar-refractivity contribution in [2.24, 2.45) is 0 Å². The monoisotopic (exact) mass is 270 g/mol. The van der Waals surface area contributed by atoms with Gasteiger partial charge in [-0.1, -0.05) is 13.3 Å². The normalized spacial score (nSPS) is 22.8. The number of hydrogen-bond donors (Lipinski definition) is 1. The van der Waals surface area contributed by atoms with Crippen LogP contribution in [-0.2, 0) is 14.3 Å². The van der Waals surface area contributed by atoms with Gasteiger partial charge in [0, 0.05) is 45.4 Å². The zero-order chi connectivity index (χ0) is 13.6. The number of likely N-dealkylation sites (tertiary alicyclic amines) is 1. The summed E-state index contributed by atoms with van der Waals surface area (Å²) in [5, 5.41) is 2.96. The third-order valence-corrected chi connectivity index (χ3v) is 3.94. The number of hydrogen-bond acceptors (Lipinski definition) is 4. The molecule has 19 heavy (non-hydrogen) atoms. The van der Waals surface area contributed by atoms with Gasteiger partial charge in [-0.3, -0.25) is 4.79 Å². The van der Waals surface area contributed by atoms with Gasteiger partial charge in [-0.2, -0.15) is 0 Å². The Balaban J connectivity index is 1.59. The molecule has 2 heterocycles. The molecule has 0 bridgehead atoms. The Morgan fingerprint density at radius 2 is 1.95 bits per heavy atom. The minimum atomic E-state index is -0.306. The van der Waals surface area contributed by atoms with Crippen molar-refractivity contribution in [3.05, 3.63) is 0 Å². The van der Waals surface area contributed by atoms with Crippen molar-refractivity contribution in [3.8, 4) is 0 Å². The molecule has 2 rings (SSSR count). The minimum Gasteiger partial charge on any atom is -0.356 e. The lowest BCUT2D eigenvalue weighted by Gasteiger charge is -2.37. The summed E-state index contributed by atoms with van der Waals surface area (Å²) in [6.45, 7) is 7.14. The summed E-state index contributed by atoms with van der Waals surface area (Å²) in [6, 6.07) is 0. The fraction of sp³-hybridized carbons (Fsp3) is 0.929. The number of nitrogens with zero attached hydrogens (tertiary/aromatic N) is 1. The van der Waals surface area contributed by atoms with E-state index in [2.05, 4.69) is 17.1 Å². The summed E-state index contributed by atoms with van der Waals surface area (Å²) in [6.07, 6.45) is 4.62. The van der Waals surface area contributed by atoms with Gasteiger partial charge in [-0.05, 0) is 6.42 Å². The Kier molecular flexibility index (Phi) is 5.60. The molecule has 5 heteroatoms. The molecule has 2 aliphatic rings. The van der Waals surface area contributed by atoms with E-state index < -0.39 is 0 Å². The van der Waals surface area contributed by atoms with E-state index >= 15 is 0 Å². The van der Waals surface area contributed by atoms with Crippen LogP contribution >= 0.6 is 0 Å². The number of nitrogens with one attached hydrogen (secondary N) is 1. The van der Waals surface area contributed by atoms with Crippen molar-refractivity contribution < 1.29 is 14.3 Å². The van der Waals surface area contributed by atoms with Crippen LogP contribution in [-0.4, -0.2) is 56.0 Å². The van der Waals surface area contributed by atoms with Crippen molar-refractivity contribution >= 4 is 5.91 Å². The maximum atomic E-state index is 11.6. The molecular weight excluding hydrogens is 244 g/mol. The first-order valence-electron chi connectivity index (χ1n) is 7.51. The fourth-order valence-electron chi connectivity index (χ4n) is 2.66. The molecule has 2 aliphatic heterocycles. The molecule has 0 aliphatic carbocycles. The van der Waals surface area contributed by atoms with Gasteiger partial charge in [0.05, 0.1) is 13.2 Å². The predicted octanol–water partition coefficient (Wildman–Crippen LogP) is 1.13. The van der Waals surface area contributed by atoms with Gasteiger partial charge < -0.3 is 19.7 Å². The Bertz CT molecular complexity index is 280. The molecule has 0 unspecified atom stereocenters. The van der Waals surface area contributed by atoms with E-state index in [-0.39, 0.29) is 11.7 Å². The van der Waals surface area contributed by atoms with Crippen molar-refractivity contribution in [2.45, 2.75) is 44.8 Å². The van der Waals surface area contributed by atoms with Crippen LogP contribution in [0.4, 0.5) is 0 Å². The molecule has 1 amide bonds. The molecule has 1 spiro atoms. The van der Waals surface area contributed by atoms with Gasteiger partial charge in [0.1, 0.15) is 0 Å². The third kappa shape index (κ3) is 4.44. The Hall–Kier alpha value is -0.650. The lowest BCUT2D eigenvalue weighted by atomic mass is 10.0. The standard InChI is InChI=1S/C14H26N2O3/c1-2-3-7-15-13(17)4-8-16-9-5-14(6-10-16)18-11-12-19-14/h2-12H2,1H3,(H,15,17). The van der Waals surface area contributed by atoms with Crippen LogP contribution in [0.5, 0.6) is 0 Å². The largest absolute Gasteiger partial charge is 0.356 e. The topological polar surface area (TPSA) is 50.8 Å². The average molecular weight is 270 g/mol. The van der Waals surface area contributed by atoms with Crippen molar-refractivity contribution in [3.63, 3.8) is 0 Å². The Morgan fingerprint density at radius 1 is 1.26 bits per heavy atom. The van der Waals surface area contributed by atoms with Gasteiger partial charge in [0.2, 0.25) is 5.91 Å². The second kappa shape index (κ2) is 7.22. The summed E-state index contributed by atoms with van der Waals surface area (Å²) >= 11 is 0. The number of rotatable bonds is 6. The average Bonchev–Trinajstić information content (AvgIpc) is 2.87. The second-order valence-corrected chi connectivity index (χ2v) is 5.40. The van der Waals surface area contributed by atoms with Gasteiger partial charge in [-0.25, -0.2) is 0 Å². The summed E-state index contributed by atoms with van der Waals surface area (Å²) in [5.74, 6) is -0.137.